The second-order valence-electron chi connectivity index (χ2n) is 6.65. The third-order valence-electron chi connectivity index (χ3n) is 4.85. The Morgan fingerprint density at radius 2 is 1.74 bits per heavy atom. The molecule has 0 unspecified atom stereocenters. The van der Waals surface area contributed by atoms with Gasteiger partial charge in [-0.25, -0.2) is 4.98 Å². The second kappa shape index (κ2) is 10.2. The number of hydrogen-bond donors (Lipinski definition) is 1. The summed E-state index contributed by atoms with van der Waals surface area (Å²) in [7, 11) is 0. The van der Waals surface area contributed by atoms with Crippen LogP contribution in [0.2, 0.25) is 0 Å². The Morgan fingerprint density at radius 1 is 1.04 bits per heavy atom. The van der Waals surface area contributed by atoms with Crippen LogP contribution >= 0.6 is 36.2 Å². The molecular weight excluding hydrogens is 401 g/mol. The third kappa shape index (κ3) is 5.56. The molecule has 1 fully saturated rings. The van der Waals surface area contributed by atoms with Gasteiger partial charge in [0.15, 0.2) is 0 Å². The minimum atomic E-state index is 0. The first-order valence-corrected chi connectivity index (χ1v) is 9.66. The quantitative estimate of drug-likeness (QED) is 0.617. The zero-order valence-corrected chi connectivity index (χ0v) is 17.5. The number of rotatable bonds is 5. The highest BCUT2D eigenvalue weighted by Gasteiger charge is 2.17. The number of nitrogens with two attached hydrogens (primary N) is 1. The lowest BCUT2D eigenvalue weighted by Gasteiger charge is -2.31. The molecule has 0 spiro atoms. The van der Waals surface area contributed by atoms with Crippen LogP contribution in [0.3, 0.4) is 0 Å². The average molecular weight is 426 g/mol. The van der Waals surface area contributed by atoms with E-state index >= 15 is 0 Å². The van der Waals surface area contributed by atoms with Crippen molar-refractivity contribution in [2.24, 2.45) is 11.7 Å². The van der Waals surface area contributed by atoms with E-state index in [9.17, 15) is 0 Å². The van der Waals surface area contributed by atoms with E-state index in [0.29, 0.717) is 11.1 Å². The number of ether oxygens (including phenoxy) is 1. The molecule has 1 saturated heterocycles. The van der Waals surface area contributed by atoms with Gasteiger partial charge in [0, 0.05) is 6.54 Å². The van der Waals surface area contributed by atoms with E-state index in [1.165, 1.54) is 18.4 Å². The molecule has 2 heterocycles. The first-order chi connectivity index (χ1) is 12.3. The lowest BCUT2D eigenvalue weighted by Crippen LogP contribution is -2.35. The van der Waals surface area contributed by atoms with E-state index in [2.05, 4.69) is 28.1 Å². The summed E-state index contributed by atoms with van der Waals surface area (Å²) < 4.78 is 7.06. The normalized spacial score (nSPS) is 15.1. The standard InChI is InChI=1S/C20H23N3OS.2ClH/c21-13-15-9-11-23(12-10-15)14-16-5-7-17(8-6-16)24-20-22-18-3-1-2-4-19(18)25-20;;/h1-8,15H,9-14,21H2;2*1H. The molecule has 146 valence electrons. The van der Waals surface area contributed by atoms with Crippen molar-refractivity contribution in [1.82, 2.24) is 9.88 Å². The van der Waals surface area contributed by atoms with E-state index in [0.717, 1.165) is 42.1 Å². The van der Waals surface area contributed by atoms with Gasteiger partial charge >= 0.3 is 0 Å². The minimum Gasteiger partial charge on any atom is -0.431 e. The Bertz CT molecular complexity index is 800. The molecule has 1 aliphatic rings. The summed E-state index contributed by atoms with van der Waals surface area (Å²) in [5, 5.41) is 0.692. The Balaban J connectivity index is 0.00000131. The summed E-state index contributed by atoms with van der Waals surface area (Å²) in [6.07, 6.45) is 2.44. The summed E-state index contributed by atoms with van der Waals surface area (Å²) in [6.45, 7) is 4.11. The number of aromatic nitrogens is 1. The summed E-state index contributed by atoms with van der Waals surface area (Å²) in [6, 6.07) is 16.5. The van der Waals surface area contributed by atoms with Crippen molar-refractivity contribution in [3.63, 3.8) is 0 Å². The summed E-state index contributed by atoms with van der Waals surface area (Å²) >= 11 is 1.58. The molecule has 1 aliphatic heterocycles. The van der Waals surface area contributed by atoms with Gasteiger partial charge in [0.1, 0.15) is 5.75 Å². The number of hydrogen-bond acceptors (Lipinski definition) is 5. The second-order valence-corrected chi connectivity index (χ2v) is 7.64. The fraction of sp³-hybridized carbons (Fsp3) is 0.350. The molecule has 4 rings (SSSR count). The van der Waals surface area contributed by atoms with Crippen LogP contribution in [0.25, 0.3) is 10.2 Å². The van der Waals surface area contributed by atoms with Crippen molar-refractivity contribution < 1.29 is 4.74 Å². The molecule has 2 N–H and O–H groups in total. The number of halogens is 2. The zero-order valence-electron chi connectivity index (χ0n) is 15.0. The van der Waals surface area contributed by atoms with E-state index in [1.54, 1.807) is 11.3 Å². The van der Waals surface area contributed by atoms with Gasteiger partial charge in [-0.15, -0.1) is 24.8 Å². The van der Waals surface area contributed by atoms with Gasteiger partial charge in [-0.3, -0.25) is 4.90 Å². The summed E-state index contributed by atoms with van der Waals surface area (Å²) in [4.78, 5) is 7.03. The van der Waals surface area contributed by atoms with Gasteiger partial charge in [0.2, 0.25) is 0 Å². The van der Waals surface area contributed by atoms with Gasteiger partial charge < -0.3 is 10.5 Å². The van der Waals surface area contributed by atoms with E-state index in [4.69, 9.17) is 10.5 Å². The molecule has 0 bridgehead atoms. The summed E-state index contributed by atoms with van der Waals surface area (Å²) in [5.41, 5.74) is 8.08. The molecule has 2 aromatic carbocycles. The maximum Gasteiger partial charge on any atom is 0.279 e. The number of piperidine rings is 1. The molecule has 0 amide bonds. The number of benzene rings is 2. The lowest BCUT2D eigenvalue weighted by atomic mass is 9.97. The fourth-order valence-corrected chi connectivity index (χ4v) is 4.13. The van der Waals surface area contributed by atoms with E-state index < -0.39 is 0 Å². The van der Waals surface area contributed by atoms with Crippen molar-refractivity contribution in [2.75, 3.05) is 19.6 Å². The fourth-order valence-electron chi connectivity index (χ4n) is 3.30. The Labute approximate surface area is 176 Å². The highest BCUT2D eigenvalue weighted by Crippen LogP contribution is 2.31. The number of para-hydroxylation sites is 1. The molecule has 3 aromatic rings. The first-order valence-electron chi connectivity index (χ1n) is 8.85. The van der Waals surface area contributed by atoms with Crippen molar-refractivity contribution in [2.45, 2.75) is 19.4 Å². The topological polar surface area (TPSA) is 51.4 Å². The van der Waals surface area contributed by atoms with E-state index in [-0.39, 0.29) is 24.8 Å². The van der Waals surface area contributed by atoms with Crippen LogP contribution in [0.15, 0.2) is 48.5 Å². The van der Waals surface area contributed by atoms with Crippen molar-refractivity contribution in [3.8, 4) is 10.9 Å². The Kier molecular flexibility index (Phi) is 8.32. The van der Waals surface area contributed by atoms with Crippen LogP contribution in [0, 0.1) is 5.92 Å². The van der Waals surface area contributed by atoms with Gasteiger partial charge in [0.05, 0.1) is 10.2 Å². The van der Waals surface area contributed by atoms with Crippen LogP contribution in [-0.2, 0) is 6.54 Å². The highest BCUT2D eigenvalue weighted by molar-refractivity contribution is 7.20. The third-order valence-corrected chi connectivity index (χ3v) is 5.76. The SMILES string of the molecule is Cl.Cl.NCC1CCN(Cc2ccc(Oc3nc4ccccc4s3)cc2)CC1. The Morgan fingerprint density at radius 3 is 2.41 bits per heavy atom. The van der Waals surface area contributed by atoms with Crippen molar-refractivity contribution >= 4 is 46.4 Å². The maximum atomic E-state index is 5.92. The zero-order chi connectivity index (χ0) is 17.1. The largest absolute Gasteiger partial charge is 0.431 e. The monoisotopic (exact) mass is 425 g/mol. The van der Waals surface area contributed by atoms with Gasteiger partial charge in [-0.1, -0.05) is 35.6 Å². The Hall–Kier alpha value is -1.37. The number of likely N-dealkylation sites (tertiary alicyclic amines) is 1. The molecule has 0 atom stereocenters. The summed E-state index contributed by atoms with van der Waals surface area (Å²) in [5.74, 6) is 1.55. The number of nitrogens with zero attached hydrogens (tertiary/aromatic N) is 2. The molecule has 4 nitrogen and oxygen atoms in total. The van der Waals surface area contributed by atoms with Crippen LogP contribution < -0.4 is 10.5 Å². The first kappa shape index (κ1) is 21.9. The van der Waals surface area contributed by atoms with Crippen LogP contribution in [0.1, 0.15) is 18.4 Å². The van der Waals surface area contributed by atoms with Crippen molar-refractivity contribution in [1.29, 1.82) is 0 Å². The number of fused-ring (bicyclic) bond motifs is 1. The van der Waals surface area contributed by atoms with Crippen LogP contribution in [0.4, 0.5) is 0 Å². The molecule has 27 heavy (non-hydrogen) atoms. The maximum absolute atomic E-state index is 5.92. The average Bonchev–Trinajstić information content (AvgIpc) is 3.06. The van der Waals surface area contributed by atoms with Crippen LogP contribution in [0.5, 0.6) is 10.9 Å². The van der Waals surface area contributed by atoms with Gasteiger partial charge in [-0.2, -0.15) is 0 Å². The minimum absolute atomic E-state index is 0. The van der Waals surface area contributed by atoms with Crippen LogP contribution in [-0.4, -0.2) is 29.5 Å². The predicted octanol–water partition coefficient (Wildman–Crippen LogP) is 5.10. The number of thiazole rings is 1. The predicted molar refractivity (Wildman–Crippen MR) is 118 cm³/mol. The highest BCUT2D eigenvalue weighted by atomic mass is 35.5. The van der Waals surface area contributed by atoms with Crippen molar-refractivity contribution in [3.05, 3.63) is 54.1 Å². The molecular formula is C20H25Cl2N3OS. The lowest BCUT2D eigenvalue weighted by molar-refractivity contribution is 0.180. The molecule has 7 heteroatoms. The van der Waals surface area contributed by atoms with Gasteiger partial charge in [0.25, 0.3) is 5.19 Å². The van der Waals surface area contributed by atoms with E-state index in [1.807, 2.05) is 30.3 Å². The molecule has 1 aromatic heterocycles. The van der Waals surface area contributed by atoms with Gasteiger partial charge in [-0.05, 0) is 68.2 Å². The molecule has 0 saturated carbocycles. The smallest absolute Gasteiger partial charge is 0.279 e. The molecule has 0 aliphatic carbocycles. The molecule has 0 radical (unpaired) electrons.